The fourth-order valence-corrected chi connectivity index (χ4v) is 4.91. The van der Waals surface area contributed by atoms with E-state index in [9.17, 15) is 18.0 Å². The fraction of sp³-hybridized carbons (Fsp3) is 0.560. The number of methoxy groups -OCH3 is 1. The number of likely N-dealkylation sites (tertiary alicyclic amines) is 1. The van der Waals surface area contributed by atoms with Crippen molar-refractivity contribution < 1.29 is 22.7 Å². The topological polar surface area (TPSA) is 105 Å². The van der Waals surface area contributed by atoms with Crippen molar-refractivity contribution in [2.24, 2.45) is 11.7 Å². The molecule has 2 heterocycles. The van der Waals surface area contributed by atoms with Crippen LogP contribution in [0.15, 0.2) is 24.4 Å². The number of ether oxygens (including phenoxy) is 1. The Bertz CT molecular complexity index is 1070. The summed E-state index contributed by atoms with van der Waals surface area (Å²) in [6, 6.07) is 4.85. The highest BCUT2D eigenvalue weighted by Gasteiger charge is 2.36. The molecule has 4 N–H and O–H groups in total. The van der Waals surface area contributed by atoms with E-state index < -0.39 is 11.7 Å². The van der Waals surface area contributed by atoms with Crippen molar-refractivity contribution in [1.29, 1.82) is 0 Å². The van der Waals surface area contributed by atoms with Crippen molar-refractivity contribution in [3.63, 3.8) is 0 Å². The normalized spacial score (nSPS) is 21.4. The summed E-state index contributed by atoms with van der Waals surface area (Å²) in [5, 5.41) is 6.01. The van der Waals surface area contributed by atoms with Gasteiger partial charge < -0.3 is 26.0 Å². The Balaban J connectivity index is 1.51. The average Bonchev–Trinajstić information content (AvgIpc) is 3.24. The molecule has 0 bridgehead atoms. The van der Waals surface area contributed by atoms with Crippen LogP contribution in [0.3, 0.4) is 0 Å². The van der Waals surface area contributed by atoms with Gasteiger partial charge in [-0.3, -0.25) is 4.79 Å². The number of nitrogens with zero attached hydrogens (tertiary/aromatic N) is 3. The van der Waals surface area contributed by atoms with Crippen LogP contribution in [0.25, 0.3) is 0 Å². The standard InChI is InChI=1S/C25H33F3N6O2/c1-34-10-8-17(9-11-34)31-23(35)16-6-7-20(22(13-16)36-2)32-24-30-14-18(25(26,27)28)21(33-24)12-15-4-3-5-19(15)29/h6-7,13-15,17,19H,3-5,8-12,29H2,1-2H3,(H,31,35)(H,30,32,33)/t15-,19+/m0/s1. The van der Waals surface area contributed by atoms with Gasteiger partial charge in [-0.2, -0.15) is 13.2 Å². The number of anilines is 2. The van der Waals surface area contributed by atoms with Gasteiger partial charge in [0.15, 0.2) is 0 Å². The van der Waals surface area contributed by atoms with Crippen LogP contribution in [0.2, 0.25) is 0 Å². The van der Waals surface area contributed by atoms with Crippen molar-refractivity contribution in [3.05, 3.63) is 41.2 Å². The summed E-state index contributed by atoms with van der Waals surface area (Å²) in [5.41, 5.74) is 6.05. The zero-order valence-corrected chi connectivity index (χ0v) is 20.6. The maximum atomic E-state index is 13.6. The second-order valence-corrected chi connectivity index (χ2v) is 9.70. The first-order valence-corrected chi connectivity index (χ1v) is 12.3. The van der Waals surface area contributed by atoms with E-state index in [1.165, 1.54) is 7.11 Å². The van der Waals surface area contributed by atoms with Crippen molar-refractivity contribution in [3.8, 4) is 5.75 Å². The number of carbonyl (C=O) groups excluding carboxylic acids is 1. The lowest BCUT2D eigenvalue weighted by Gasteiger charge is -2.29. The summed E-state index contributed by atoms with van der Waals surface area (Å²) in [6.45, 7) is 1.86. The SMILES string of the molecule is COc1cc(C(=O)NC2CCN(C)CC2)ccc1Nc1ncc(C(F)(F)F)c(C[C@@H]2CCC[C@H]2N)n1. The zero-order valence-electron chi connectivity index (χ0n) is 20.6. The first kappa shape index (κ1) is 26.2. The lowest BCUT2D eigenvalue weighted by Crippen LogP contribution is -2.43. The number of piperidine rings is 1. The van der Waals surface area contributed by atoms with Gasteiger partial charge in [-0.1, -0.05) is 6.42 Å². The largest absolute Gasteiger partial charge is 0.495 e. The number of nitrogens with two attached hydrogens (primary N) is 1. The predicted octanol–water partition coefficient (Wildman–Crippen LogP) is 3.74. The number of nitrogens with one attached hydrogen (secondary N) is 2. The van der Waals surface area contributed by atoms with Crippen LogP contribution in [0.5, 0.6) is 5.75 Å². The molecule has 1 aromatic carbocycles. The van der Waals surface area contributed by atoms with Gasteiger partial charge in [-0.25, -0.2) is 9.97 Å². The average molecular weight is 507 g/mol. The van der Waals surface area contributed by atoms with Crippen LogP contribution < -0.4 is 21.1 Å². The lowest BCUT2D eigenvalue weighted by atomic mass is 9.96. The van der Waals surface area contributed by atoms with Crippen molar-refractivity contribution >= 4 is 17.5 Å². The third-order valence-electron chi connectivity index (χ3n) is 7.11. The summed E-state index contributed by atoms with van der Waals surface area (Å²) in [7, 11) is 3.52. The van der Waals surface area contributed by atoms with Crippen LogP contribution in [-0.4, -0.2) is 60.1 Å². The molecule has 0 radical (unpaired) electrons. The van der Waals surface area contributed by atoms with Gasteiger partial charge in [0.1, 0.15) is 5.75 Å². The minimum atomic E-state index is -4.56. The Hall–Kier alpha value is -2.92. The molecule has 1 aliphatic carbocycles. The van der Waals surface area contributed by atoms with Crippen molar-refractivity contribution in [1.82, 2.24) is 20.2 Å². The molecule has 2 aromatic rings. The van der Waals surface area contributed by atoms with Crippen LogP contribution in [-0.2, 0) is 12.6 Å². The summed E-state index contributed by atoms with van der Waals surface area (Å²) >= 11 is 0. The molecule has 36 heavy (non-hydrogen) atoms. The highest BCUT2D eigenvalue weighted by Crippen LogP contribution is 2.36. The molecule has 1 aromatic heterocycles. The zero-order chi connectivity index (χ0) is 25.9. The number of halogens is 3. The molecule has 2 fully saturated rings. The number of benzene rings is 1. The van der Waals surface area contributed by atoms with Crippen molar-refractivity contribution in [2.75, 3.05) is 32.6 Å². The van der Waals surface area contributed by atoms with E-state index >= 15 is 0 Å². The molecular formula is C25H33F3N6O2. The van der Waals surface area contributed by atoms with Gasteiger partial charge in [-0.15, -0.1) is 0 Å². The monoisotopic (exact) mass is 506 g/mol. The smallest absolute Gasteiger partial charge is 0.419 e. The molecule has 1 amide bonds. The minimum Gasteiger partial charge on any atom is -0.495 e. The van der Waals surface area contributed by atoms with Gasteiger partial charge in [0.25, 0.3) is 5.91 Å². The molecular weight excluding hydrogens is 473 g/mol. The number of carbonyl (C=O) groups is 1. The molecule has 4 rings (SSSR count). The van der Waals surface area contributed by atoms with E-state index in [-0.39, 0.29) is 42.0 Å². The van der Waals surface area contributed by atoms with E-state index in [2.05, 4.69) is 32.5 Å². The molecule has 1 saturated carbocycles. The third kappa shape index (κ3) is 6.25. The van der Waals surface area contributed by atoms with E-state index in [1.54, 1.807) is 18.2 Å². The highest BCUT2D eigenvalue weighted by molar-refractivity contribution is 5.95. The van der Waals surface area contributed by atoms with Crippen LogP contribution >= 0.6 is 0 Å². The van der Waals surface area contributed by atoms with E-state index in [0.29, 0.717) is 17.0 Å². The lowest BCUT2D eigenvalue weighted by molar-refractivity contribution is -0.138. The summed E-state index contributed by atoms with van der Waals surface area (Å²) < 4.78 is 46.3. The third-order valence-corrected chi connectivity index (χ3v) is 7.11. The quantitative estimate of drug-likeness (QED) is 0.525. The minimum absolute atomic E-state index is 0.0198. The Labute approximate surface area is 208 Å². The first-order chi connectivity index (χ1) is 17.1. The Morgan fingerprint density at radius 1 is 1.22 bits per heavy atom. The highest BCUT2D eigenvalue weighted by atomic mass is 19.4. The summed E-state index contributed by atoms with van der Waals surface area (Å²) in [5.74, 6) is 0.126. The van der Waals surface area contributed by atoms with Gasteiger partial charge in [0.2, 0.25) is 5.95 Å². The second kappa shape index (κ2) is 11.0. The number of alkyl halides is 3. The molecule has 196 valence electrons. The Morgan fingerprint density at radius 3 is 2.61 bits per heavy atom. The number of rotatable bonds is 7. The molecule has 2 atom stereocenters. The number of aromatic nitrogens is 2. The van der Waals surface area contributed by atoms with Gasteiger partial charge in [0, 0.05) is 23.8 Å². The molecule has 0 unspecified atom stereocenters. The second-order valence-electron chi connectivity index (χ2n) is 9.70. The molecule has 0 spiro atoms. The van der Waals surface area contributed by atoms with Gasteiger partial charge in [-0.05, 0) is 76.4 Å². The van der Waals surface area contributed by atoms with E-state index in [0.717, 1.165) is 51.4 Å². The van der Waals surface area contributed by atoms with Crippen molar-refractivity contribution in [2.45, 2.75) is 56.8 Å². The van der Waals surface area contributed by atoms with E-state index in [1.807, 2.05) is 0 Å². The van der Waals surface area contributed by atoms with Crippen LogP contribution in [0.1, 0.15) is 53.7 Å². The number of hydrogen-bond donors (Lipinski definition) is 3. The maximum Gasteiger partial charge on any atom is 0.419 e. The summed E-state index contributed by atoms with van der Waals surface area (Å²) in [6.07, 6.45) is 0.644. The Morgan fingerprint density at radius 2 is 1.97 bits per heavy atom. The molecule has 2 aliphatic rings. The predicted molar refractivity (Wildman–Crippen MR) is 130 cm³/mol. The summed E-state index contributed by atoms with van der Waals surface area (Å²) in [4.78, 5) is 23.1. The maximum absolute atomic E-state index is 13.6. The molecule has 1 saturated heterocycles. The molecule has 11 heteroatoms. The fourth-order valence-electron chi connectivity index (χ4n) is 4.91. The van der Waals surface area contributed by atoms with Crippen LogP contribution in [0.4, 0.5) is 24.8 Å². The number of hydrogen-bond acceptors (Lipinski definition) is 7. The van der Waals surface area contributed by atoms with E-state index in [4.69, 9.17) is 10.5 Å². The molecule has 1 aliphatic heterocycles. The van der Waals surface area contributed by atoms with Crippen LogP contribution in [0, 0.1) is 5.92 Å². The van der Waals surface area contributed by atoms with Gasteiger partial charge in [0.05, 0.1) is 24.1 Å². The van der Waals surface area contributed by atoms with Gasteiger partial charge >= 0.3 is 6.18 Å². The molecule has 8 nitrogen and oxygen atoms in total. The number of amides is 1. The Kier molecular flexibility index (Phi) is 7.99. The first-order valence-electron chi connectivity index (χ1n) is 12.3.